The van der Waals surface area contributed by atoms with Crippen molar-refractivity contribution in [1.29, 1.82) is 0 Å². The molecule has 2 aromatic carbocycles. The lowest BCUT2D eigenvalue weighted by molar-refractivity contribution is -0.0193. The Morgan fingerprint density at radius 3 is 2.61 bits per heavy atom. The van der Waals surface area contributed by atoms with Crippen LogP contribution in [0.2, 0.25) is 0 Å². The Bertz CT molecular complexity index is 792. The monoisotopic (exact) mass is 308 g/mol. The third-order valence-corrected chi connectivity index (χ3v) is 4.86. The van der Waals surface area contributed by atoms with Crippen molar-refractivity contribution >= 4 is 11.1 Å². The zero-order valence-electron chi connectivity index (χ0n) is 12.9. The molecule has 0 spiro atoms. The van der Waals surface area contributed by atoms with Crippen molar-refractivity contribution in [2.45, 2.75) is 37.3 Å². The van der Waals surface area contributed by atoms with Crippen molar-refractivity contribution < 1.29 is 9.52 Å². The van der Waals surface area contributed by atoms with Crippen LogP contribution in [0.4, 0.5) is 0 Å². The molecule has 0 amide bonds. The largest absolute Gasteiger partial charge is 0.436 e. The Morgan fingerprint density at radius 1 is 1.09 bits per heavy atom. The molecule has 1 aliphatic carbocycles. The molecular formula is C19H20N2O2. The Morgan fingerprint density at radius 2 is 1.87 bits per heavy atom. The zero-order chi connectivity index (χ0) is 15.9. The van der Waals surface area contributed by atoms with Crippen molar-refractivity contribution in [3.63, 3.8) is 0 Å². The van der Waals surface area contributed by atoms with Gasteiger partial charge < -0.3 is 15.3 Å². The molecule has 118 valence electrons. The molecule has 23 heavy (non-hydrogen) atoms. The number of aliphatic hydroxyl groups is 1. The van der Waals surface area contributed by atoms with Gasteiger partial charge in [-0.15, -0.1) is 0 Å². The maximum absolute atomic E-state index is 10.9. The summed E-state index contributed by atoms with van der Waals surface area (Å²) in [5, 5.41) is 10.9. The first-order valence-electron chi connectivity index (χ1n) is 8.11. The van der Waals surface area contributed by atoms with E-state index in [1.165, 1.54) is 0 Å². The van der Waals surface area contributed by atoms with Crippen LogP contribution in [0.3, 0.4) is 0 Å². The molecule has 1 aromatic heterocycles. The number of fused-ring (bicyclic) bond motifs is 1. The minimum Gasteiger partial charge on any atom is -0.436 e. The van der Waals surface area contributed by atoms with E-state index in [2.05, 4.69) is 4.98 Å². The Hall–Kier alpha value is -2.17. The number of nitrogens with two attached hydrogens (primary N) is 1. The second-order valence-corrected chi connectivity index (χ2v) is 6.34. The maximum atomic E-state index is 10.9. The lowest BCUT2D eigenvalue weighted by Gasteiger charge is -2.38. The highest BCUT2D eigenvalue weighted by atomic mass is 16.3. The highest BCUT2D eigenvalue weighted by Gasteiger charge is 2.38. The lowest BCUT2D eigenvalue weighted by Crippen LogP contribution is -2.47. The smallest absolute Gasteiger partial charge is 0.227 e. The van der Waals surface area contributed by atoms with Crippen LogP contribution in [0.5, 0.6) is 0 Å². The van der Waals surface area contributed by atoms with Crippen molar-refractivity contribution in [3.8, 4) is 11.5 Å². The second-order valence-electron chi connectivity index (χ2n) is 6.34. The predicted molar refractivity (Wildman–Crippen MR) is 89.8 cm³/mol. The number of nitrogens with zero attached hydrogens (tertiary/aromatic N) is 1. The Kier molecular flexibility index (Phi) is 3.43. The molecule has 1 fully saturated rings. The molecule has 4 rings (SSSR count). The molecule has 0 radical (unpaired) electrons. The normalized spacial score (nSPS) is 24.9. The van der Waals surface area contributed by atoms with Crippen molar-refractivity contribution in [2.24, 2.45) is 5.73 Å². The molecule has 0 bridgehead atoms. The van der Waals surface area contributed by atoms with Crippen molar-refractivity contribution in [2.75, 3.05) is 0 Å². The lowest BCUT2D eigenvalue weighted by atomic mass is 9.76. The summed E-state index contributed by atoms with van der Waals surface area (Å²) in [6, 6.07) is 15.3. The van der Waals surface area contributed by atoms with E-state index in [9.17, 15) is 5.11 Å². The van der Waals surface area contributed by atoms with Crippen LogP contribution in [0, 0.1) is 0 Å². The third-order valence-electron chi connectivity index (χ3n) is 4.86. The number of aromatic nitrogens is 1. The number of para-hydroxylation sites is 2. The molecule has 2 unspecified atom stereocenters. The Labute approximate surface area is 135 Å². The topological polar surface area (TPSA) is 72.3 Å². The van der Waals surface area contributed by atoms with Gasteiger partial charge in [-0.25, -0.2) is 4.98 Å². The maximum Gasteiger partial charge on any atom is 0.227 e. The fourth-order valence-electron chi connectivity index (χ4n) is 3.44. The van der Waals surface area contributed by atoms with Crippen LogP contribution < -0.4 is 5.73 Å². The average Bonchev–Trinajstić information content (AvgIpc) is 3.02. The standard InChI is InChI=1S/C19H20N2O2/c20-17-7-3-4-12-19(17,22)14-10-8-13(9-11-14)18-21-15-5-1-2-6-16(15)23-18/h1-2,5-6,8-11,17,22H,3-4,7,12,20H2. The summed E-state index contributed by atoms with van der Waals surface area (Å²) in [5.41, 5.74) is 8.65. The summed E-state index contributed by atoms with van der Waals surface area (Å²) in [4.78, 5) is 4.50. The zero-order valence-corrected chi connectivity index (χ0v) is 12.9. The van der Waals surface area contributed by atoms with Gasteiger partial charge in [0.25, 0.3) is 0 Å². The SMILES string of the molecule is NC1CCCCC1(O)c1ccc(-c2nc3ccccc3o2)cc1. The minimum absolute atomic E-state index is 0.202. The summed E-state index contributed by atoms with van der Waals surface area (Å²) in [6.45, 7) is 0. The highest BCUT2D eigenvalue weighted by Crippen LogP contribution is 2.37. The summed E-state index contributed by atoms with van der Waals surface area (Å²) in [5.74, 6) is 0.595. The Balaban J connectivity index is 1.67. The quantitative estimate of drug-likeness (QED) is 0.759. The van der Waals surface area contributed by atoms with E-state index in [1.807, 2.05) is 48.5 Å². The molecule has 1 saturated carbocycles. The van der Waals surface area contributed by atoms with E-state index in [-0.39, 0.29) is 6.04 Å². The number of rotatable bonds is 2. The van der Waals surface area contributed by atoms with E-state index in [0.717, 1.165) is 47.9 Å². The van der Waals surface area contributed by atoms with Gasteiger partial charge in [0.15, 0.2) is 5.58 Å². The summed E-state index contributed by atoms with van der Waals surface area (Å²) >= 11 is 0. The van der Waals surface area contributed by atoms with Gasteiger partial charge in [0.05, 0.1) is 0 Å². The predicted octanol–water partition coefficient (Wildman–Crippen LogP) is 3.58. The van der Waals surface area contributed by atoms with Gasteiger partial charge >= 0.3 is 0 Å². The number of hydrogen-bond acceptors (Lipinski definition) is 4. The summed E-state index contributed by atoms with van der Waals surface area (Å²) in [6.07, 6.45) is 3.68. The molecule has 4 nitrogen and oxygen atoms in total. The summed E-state index contributed by atoms with van der Waals surface area (Å²) < 4.78 is 5.79. The molecule has 3 aromatic rings. The van der Waals surface area contributed by atoms with Crippen LogP contribution in [0.1, 0.15) is 31.2 Å². The first-order chi connectivity index (χ1) is 11.2. The van der Waals surface area contributed by atoms with Crippen LogP contribution >= 0.6 is 0 Å². The molecular weight excluding hydrogens is 288 g/mol. The van der Waals surface area contributed by atoms with Crippen molar-refractivity contribution in [3.05, 3.63) is 54.1 Å². The third kappa shape index (κ3) is 2.44. The van der Waals surface area contributed by atoms with Crippen LogP contribution in [-0.2, 0) is 5.60 Å². The molecule has 1 aliphatic rings. The molecule has 3 N–H and O–H groups in total. The molecule has 0 saturated heterocycles. The van der Waals surface area contributed by atoms with Gasteiger partial charge in [0, 0.05) is 11.6 Å². The molecule has 4 heteroatoms. The average molecular weight is 308 g/mol. The van der Waals surface area contributed by atoms with Gasteiger partial charge in [-0.1, -0.05) is 37.1 Å². The van der Waals surface area contributed by atoms with E-state index in [0.29, 0.717) is 5.89 Å². The molecule has 2 atom stereocenters. The molecule has 1 heterocycles. The van der Waals surface area contributed by atoms with Gasteiger partial charge in [-0.2, -0.15) is 0 Å². The first-order valence-corrected chi connectivity index (χ1v) is 8.11. The van der Waals surface area contributed by atoms with Crippen LogP contribution in [0.25, 0.3) is 22.6 Å². The fraction of sp³-hybridized carbons (Fsp3) is 0.316. The van der Waals surface area contributed by atoms with E-state index < -0.39 is 5.60 Å². The van der Waals surface area contributed by atoms with E-state index >= 15 is 0 Å². The van der Waals surface area contributed by atoms with Crippen LogP contribution in [-0.4, -0.2) is 16.1 Å². The van der Waals surface area contributed by atoms with Gasteiger partial charge in [0.1, 0.15) is 11.1 Å². The summed E-state index contributed by atoms with van der Waals surface area (Å²) in [7, 11) is 0. The van der Waals surface area contributed by atoms with Gasteiger partial charge in [0.2, 0.25) is 5.89 Å². The number of hydrogen-bond donors (Lipinski definition) is 2. The number of oxazole rings is 1. The second kappa shape index (κ2) is 5.48. The fourth-order valence-corrected chi connectivity index (χ4v) is 3.44. The van der Waals surface area contributed by atoms with Crippen molar-refractivity contribution in [1.82, 2.24) is 4.98 Å². The first kappa shape index (κ1) is 14.4. The number of benzene rings is 2. The van der Waals surface area contributed by atoms with E-state index in [4.69, 9.17) is 10.2 Å². The van der Waals surface area contributed by atoms with Gasteiger partial charge in [-0.3, -0.25) is 0 Å². The van der Waals surface area contributed by atoms with Crippen LogP contribution in [0.15, 0.2) is 52.9 Å². The molecule has 0 aliphatic heterocycles. The van der Waals surface area contributed by atoms with E-state index in [1.54, 1.807) is 0 Å². The highest BCUT2D eigenvalue weighted by molar-refractivity contribution is 5.75. The van der Waals surface area contributed by atoms with Gasteiger partial charge in [-0.05, 0) is 42.7 Å². The minimum atomic E-state index is -0.919.